The van der Waals surface area contributed by atoms with Gasteiger partial charge in [0.2, 0.25) is 5.91 Å². The Bertz CT molecular complexity index is 1150. The molecule has 2 N–H and O–H groups in total. The van der Waals surface area contributed by atoms with Crippen LogP contribution in [0.4, 0.5) is 13.2 Å². The van der Waals surface area contributed by atoms with E-state index >= 15 is 0 Å². The number of halogens is 3. The molecule has 0 saturated heterocycles. The zero-order valence-electron chi connectivity index (χ0n) is 16.6. The number of hydrogen-bond acceptors (Lipinski definition) is 7. The van der Waals surface area contributed by atoms with Crippen molar-refractivity contribution in [1.29, 1.82) is 5.26 Å². The maximum absolute atomic E-state index is 13.6. The predicted molar refractivity (Wildman–Crippen MR) is 104 cm³/mol. The van der Waals surface area contributed by atoms with Gasteiger partial charge < -0.3 is 15.4 Å². The van der Waals surface area contributed by atoms with E-state index in [0.29, 0.717) is 5.52 Å². The summed E-state index contributed by atoms with van der Waals surface area (Å²) >= 11 is 0. The van der Waals surface area contributed by atoms with E-state index in [9.17, 15) is 23.2 Å². The third-order valence-corrected chi connectivity index (χ3v) is 4.39. The molecule has 0 aliphatic rings. The summed E-state index contributed by atoms with van der Waals surface area (Å²) in [5, 5.41) is 22.2. The summed E-state index contributed by atoms with van der Waals surface area (Å²) in [6.07, 6.45) is -4.67. The molecule has 1 amide bonds. The lowest BCUT2D eigenvalue weighted by Gasteiger charge is -2.15. The van der Waals surface area contributed by atoms with Crippen LogP contribution in [0.25, 0.3) is 22.3 Å². The third kappa shape index (κ3) is 4.89. The fraction of sp³-hybridized carbons (Fsp3) is 0.316. The molecule has 0 aliphatic carbocycles. The van der Waals surface area contributed by atoms with Crippen LogP contribution in [0.1, 0.15) is 11.3 Å². The molecule has 31 heavy (non-hydrogen) atoms. The molecule has 0 aliphatic heterocycles. The monoisotopic (exact) mass is 433 g/mol. The summed E-state index contributed by atoms with van der Waals surface area (Å²) in [4.78, 5) is 15.3. The van der Waals surface area contributed by atoms with Gasteiger partial charge in [-0.15, -0.1) is 5.10 Å². The number of benzene rings is 1. The second-order valence-electron chi connectivity index (χ2n) is 6.46. The molecule has 162 valence electrons. The Morgan fingerprint density at radius 1 is 1.32 bits per heavy atom. The number of fused-ring (bicyclic) bond motifs is 1. The summed E-state index contributed by atoms with van der Waals surface area (Å²) in [6, 6.07) is 6.97. The molecule has 2 aromatic heterocycles. The van der Waals surface area contributed by atoms with Gasteiger partial charge >= 0.3 is 6.18 Å². The van der Waals surface area contributed by atoms with Gasteiger partial charge in [-0.25, -0.2) is 9.67 Å². The molecule has 12 heteroatoms. The summed E-state index contributed by atoms with van der Waals surface area (Å²) in [5.74, 6) is -0.591. The molecule has 0 bridgehead atoms. The fourth-order valence-electron chi connectivity index (χ4n) is 2.82. The van der Waals surface area contributed by atoms with E-state index in [0.717, 1.165) is 6.07 Å². The van der Waals surface area contributed by atoms with Gasteiger partial charge in [-0.1, -0.05) is 5.21 Å². The van der Waals surface area contributed by atoms with Gasteiger partial charge in [0.25, 0.3) is 0 Å². The van der Waals surface area contributed by atoms with Crippen LogP contribution in [0.5, 0.6) is 5.75 Å². The lowest BCUT2D eigenvalue weighted by atomic mass is 10.1. The first-order valence-electron chi connectivity index (χ1n) is 9.11. The minimum atomic E-state index is -4.67. The van der Waals surface area contributed by atoms with E-state index in [-0.39, 0.29) is 53.8 Å². The molecule has 0 atom stereocenters. The van der Waals surface area contributed by atoms with Gasteiger partial charge in [-0.3, -0.25) is 4.79 Å². The Balaban J connectivity index is 1.88. The van der Waals surface area contributed by atoms with Crippen molar-refractivity contribution in [1.82, 2.24) is 30.6 Å². The number of aryl methyl sites for hydroxylation is 1. The van der Waals surface area contributed by atoms with Crippen molar-refractivity contribution in [2.45, 2.75) is 6.18 Å². The molecule has 9 nitrogen and oxygen atoms in total. The van der Waals surface area contributed by atoms with E-state index < -0.39 is 11.7 Å². The van der Waals surface area contributed by atoms with Crippen molar-refractivity contribution < 1.29 is 22.7 Å². The molecule has 3 rings (SSSR count). The average molecular weight is 433 g/mol. The van der Waals surface area contributed by atoms with Crippen LogP contribution < -0.4 is 15.4 Å². The van der Waals surface area contributed by atoms with Gasteiger partial charge in [0.05, 0.1) is 23.3 Å². The molecule has 0 unspecified atom stereocenters. The normalized spacial score (nSPS) is 11.4. The smallest absolute Gasteiger partial charge is 0.419 e. The number of nitriles is 1. The second kappa shape index (κ2) is 8.97. The number of carbonyl (C=O) groups excluding carboxylic acids is 1. The zero-order chi connectivity index (χ0) is 22.6. The van der Waals surface area contributed by atoms with Gasteiger partial charge in [-0.2, -0.15) is 18.4 Å². The highest BCUT2D eigenvalue weighted by Gasteiger charge is 2.35. The Morgan fingerprint density at radius 2 is 2.10 bits per heavy atom. The fourth-order valence-corrected chi connectivity index (χ4v) is 2.82. The first kappa shape index (κ1) is 22.0. The van der Waals surface area contributed by atoms with Crippen LogP contribution in [0.15, 0.2) is 24.3 Å². The molecule has 0 spiro atoms. The highest BCUT2D eigenvalue weighted by atomic mass is 19.4. The van der Waals surface area contributed by atoms with Crippen LogP contribution in [0, 0.1) is 11.3 Å². The number of pyridine rings is 1. The molecule has 0 fully saturated rings. The summed E-state index contributed by atoms with van der Waals surface area (Å²) in [7, 11) is 3.09. The van der Waals surface area contributed by atoms with Gasteiger partial charge in [-0.05, 0) is 24.3 Å². The maximum atomic E-state index is 13.6. The number of carbonyl (C=O) groups is 1. The van der Waals surface area contributed by atoms with E-state index in [2.05, 4.69) is 25.9 Å². The van der Waals surface area contributed by atoms with E-state index in [1.807, 2.05) is 6.07 Å². The Morgan fingerprint density at radius 3 is 2.77 bits per heavy atom. The number of alkyl halides is 3. The van der Waals surface area contributed by atoms with Crippen molar-refractivity contribution in [3.8, 4) is 23.1 Å². The van der Waals surface area contributed by atoms with Crippen molar-refractivity contribution in [2.24, 2.45) is 7.05 Å². The number of nitrogens with zero attached hydrogens (tertiary/aromatic N) is 5. The molecular formula is C19H18F3N7O2. The van der Waals surface area contributed by atoms with Crippen molar-refractivity contribution in [3.05, 3.63) is 35.5 Å². The topological polar surface area (TPSA) is 118 Å². The molecule has 0 saturated carbocycles. The summed E-state index contributed by atoms with van der Waals surface area (Å²) in [5.41, 5.74) is 0.0823. The maximum Gasteiger partial charge on any atom is 0.419 e. The minimum Gasteiger partial charge on any atom is -0.492 e. The van der Waals surface area contributed by atoms with Gasteiger partial charge in [0, 0.05) is 26.2 Å². The highest BCUT2D eigenvalue weighted by molar-refractivity contribution is 5.83. The van der Waals surface area contributed by atoms with E-state index in [4.69, 9.17) is 4.74 Å². The standard InChI is InChI=1S/C19H18F3N7O2/c1-24-17(30)10-25-5-6-31-16-4-3-11(7-12(16)19(20,21)22)13-8-15-18(14(9-23)26-13)27-28-29(15)2/h3-4,7-8,25H,5-6,10H2,1-2H3,(H,24,30). The molecule has 1 aromatic carbocycles. The Hall–Kier alpha value is -3.72. The minimum absolute atomic E-state index is 0.0309. The van der Waals surface area contributed by atoms with E-state index in [1.54, 1.807) is 7.05 Å². The molecular weight excluding hydrogens is 415 g/mol. The van der Waals surface area contributed by atoms with Crippen molar-refractivity contribution >= 4 is 16.9 Å². The molecule has 2 heterocycles. The average Bonchev–Trinajstić information content (AvgIpc) is 3.12. The molecule has 0 radical (unpaired) electrons. The van der Waals surface area contributed by atoms with E-state index in [1.165, 1.54) is 29.9 Å². The number of nitrogens with one attached hydrogen (secondary N) is 2. The van der Waals surface area contributed by atoms with Crippen LogP contribution in [-0.2, 0) is 18.0 Å². The first-order chi connectivity index (χ1) is 14.7. The number of likely N-dealkylation sites (N-methyl/N-ethyl adjacent to an activating group) is 1. The quantitative estimate of drug-likeness (QED) is 0.544. The van der Waals surface area contributed by atoms with Crippen LogP contribution in [0.2, 0.25) is 0 Å². The number of hydrogen-bond donors (Lipinski definition) is 2. The summed E-state index contributed by atoms with van der Waals surface area (Å²) < 4.78 is 47.6. The Kier molecular flexibility index (Phi) is 6.36. The summed E-state index contributed by atoms with van der Waals surface area (Å²) in [6.45, 7) is 0.149. The largest absolute Gasteiger partial charge is 0.492 e. The molecule has 3 aromatic rings. The van der Waals surface area contributed by atoms with Crippen molar-refractivity contribution in [2.75, 3.05) is 26.7 Å². The first-order valence-corrected chi connectivity index (χ1v) is 9.11. The van der Waals surface area contributed by atoms with Gasteiger partial charge in [0.1, 0.15) is 23.9 Å². The highest BCUT2D eigenvalue weighted by Crippen LogP contribution is 2.39. The number of rotatable bonds is 7. The van der Waals surface area contributed by atoms with Crippen LogP contribution in [-0.4, -0.2) is 52.6 Å². The van der Waals surface area contributed by atoms with Gasteiger partial charge in [0.15, 0.2) is 5.69 Å². The zero-order valence-corrected chi connectivity index (χ0v) is 16.6. The lowest BCUT2D eigenvalue weighted by molar-refractivity contribution is -0.138. The second-order valence-corrected chi connectivity index (χ2v) is 6.46. The number of amides is 1. The lowest BCUT2D eigenvalue weighted by Crippen LogP contribution is -2.33. The SMILES string of the molecule is CNC(=O)CNCCOc1ccc(-c2cc3c(nnn3C)c(C#N)n2)cc1C(F)(F)F. The third-order valence-electron chi connectivity index (χ3n) is 4.39. The van der Waals surface area contributed by atoms with Crippen LogP contribution in [0.3, 0.4) is 0 Å². The predicted octanol–water partition coefficient (Wildman–Crippen LogP) is 1.64. The number of aromatic nitrogens is 4. The van der Waals surface area contributed by atoms with Crippen LogP contribution >= 0.6 is 0 Å². The van der Waals surface area contributed by atoms with Crippen molar-refractivity contribution in [3.63, 3.8) is 0 Å². The number of ether oxygens (including phenoxy) is 1. The Labute approximate surface area is 174 Å².